The van der Waals surface area contributed by atoms with Crippen molar-refractivity contribution in [1.29, 1.82) is 0 Å². The molecule has 0 bridgehead atoms. The smallest absolute Gasteiger partial charge is 0.264 e. The highest BCUT2D eigenvalue weighted by atomic mass is 35.7. The molecule has 0 saturated heterocycles. The summed E-state index contributed by atoms with van der Waals surface area (Å²) in [5.41, 5.74) is 0. The largest absolute Gasteiger partial charge is 0.449 e. The normalized spacial score (nSPS) is 10.3. The molecule has 0 amide bonds. The summed E-state index contributed by atoms with van der Waals surface area (Å²) in [5, 5.41) is 0. The summed E-state index contributed by atoms with van der Waals surface area (Å²) in [5.74, 6) is 0.675. The maximum atomic E-state index is 5.27. The number of hydrogen-bond donors (Lipinski definition) is 0. The molecule has 2 radical (unpaired) electrons. The summed E-state index contributed by atoms with van der Waals surface area (Å²) in [6, 6.07) is 10.2. The molecule has 0 N–H and O–H groups in total. The first kappa shape index (κ1) is 6.85. The molecule has 1 aromatic rings. The second-order valence-electron chi connectivity index (χ2n) is 1.39. The average molecular weight is 159 g/mol. The van der Waals surface area contributed by atoms with E-state index in [0.717, 1.165) is 0 Å². The van der Waals surface area contributed by atoms with E-state index in [1.807, 2.05) is 12.1 Å². The van der Waals surface area contributed by atoms with Crippen LogP contribution in [0, 0.1) is 6.07 Å². The Morgan fingerprint density at radius 1 is 1.56 bits per heavy atom. The molecule has 0 atom stereocenters. The van der Waals surface area contributed by atoms with Crippen molar-refractivity contribution in [3.63, 3.8) is 0 Å². The molecule has 0 heterocycles. The van der Waals surface area contributed by atoms with Crippen molar-refractivity contribution in [3.8, 4) is 5.75 Å². The molecular formula is C6H4ClOP. The van der Waals surface area contributed by atoms with Crippen LogP contribution < -0.4 is 4.52 Å². The van der Waals surface area contributed by atoms with E-state index >= 15 is 0 Å². The molecule has 1 aromatic carbocycles. The summed E-state index contributed by atoms with van der Waals surface area (Å²) >= 11 is 5.27. The highest BCUT2D eigenvalue weighted by Crippen LogP contribution is 2.22. The summed E-state index contributed by atoms with van der Waals surface area (Å²) in [6.45, 7) is 0. The summed E-state index contributed by atoms with van der Waals surface area (Å²) in [6.07, 6.45) is 0. The van der Waals surface area contributed by atoms with E-state index < -0.39 is 0 Å². The molecule has 0 saturated carbocycles. The van der Waals surface area contributed by atoms with Gasteiger partial charge in [-0.15, -0.1) is 0 Å². The van der Waals surface area contributed by atoms with E-state index in [2.05, 4.69) is 6.07 Å². The molecule has 0 spiro atoms. The number of rotatable bonds is 2. The van der Waals surface area contributed by atoms with E-state index in [0.29, 0.717) is 13.9 Å². The zero-order chi connectivity index (χ0) is 6.53. The predicted molar refractivity (Wildman–Crippen MR) is 38.7 cm³/mol. The van der Waals surface area contributed by atoms with Crippen molar-refractivity contribution in [2.45, 2.75) is 0 Å². The lowest BCUT2D eigenvalue weighted by molar-refractivity contribution is 0.640. The van der Waals surface area contributed by atoms with Crippen molar-refractivity contribution < 1.29 is 4.52 Å². The second kappa shape index (κ2) is 3.71. The Balaban J connectivity index is 2.61. The van der Waals surface area contributed by atoms with Crippen LogP contribution in [-0.2, 0) is 0 Å². The minimum absolute atomic E-state index is 0.386. The van der Waals surface area contributed by atoms with E-state index in [-0.39, 0.29) is 0 Å². The molecule has 0 unspecified atom stereocenters. The maximum absolute atomic E-state index is 5.27. The Bertz CT molecular complexity index is 166. The minimum atomic E-state index is 0.386. The molecule has 0 fully saturated rings. The van der Waals surface area contributed by atoms with Crippen LogP contribution >= 0.6 is 19.4 Å². The topological polar surface area (TPSA) is 9.23 Å². The van der Waals surface area contributed by atoms with E-state index in [4.69, 9.17) is 15.8 Å². The highest BCUT2D eigenvalue weighted by Gasteiger charge is 1.87. The van der Waals surface area contributed by atoms with E-state index in [9.17, 15) is 0 Å². The molecule has 9 heavy (non-hydrogen) atoms. The van der Waals surface area contributed by atoms with Gasteiger partial charge in [0.15, 0.2) is 0 Å². The predicted octanol–water partition coefficient (Wildman–Crippen LogP) is 2.88. The SMILES string of the molecule is Cl[P]Oc1[c]cccc1. The molecule has 1 rings (SSSR count). The van der Waals surface area contributed by atoms with Crippen LogP contribution in [0.1, 0.15) is 0 Å². The van der Waals surface area contributed by atoms with Crippen LogP contribution in [0.4, 0.5) is 0 Å². The Labute approximate surface area is 60.6 Å². The first-order valence-electron chi connectivity index (χ1n) is 2.38. The number of halogens is 1. The monoisotopic (exact) mass is 158 g/mol. The van der Waals surface area contributed by atoms with Gasteiger partial charge in [0.05, 0.1) is 0 Å². The zero-order valence-electron chi connectivity index (χ0n) is 4.54. The summed E-state index contributed by atoms with van der Waals surface area (Å²) in [7, 11) is 0.386. The first-order chi connectivity index (χ1) is 4.43. The van der Waals surface area contributed by atoms with E-state index in [1.54, 1.807) is 12.1 Å². The van der Waals surface area contributed by atoms with Crippen LogP contribution in [0.25, 0.3) is 0 Å². The van der Waals surface area contributed by atoms with E-state index in [1.165, 1.54) is 0 Å². The fraction of sp³-hybridized carbons (Fsp3) is 0. The summed E-state index contributed by atoms with van der Waals surface area (Å²) in [4.78, 5) is 0. The molecule has 0 aliphatic rings. The lowest BCUT2D eigenvalue weighted by Gasteiger charge is -1.94. The quantitative estimate of drug-likeness (QED) is 0.602. The Hall–Kier alpha value is -0.260. The standard InChI is InChI=1S/C6H4ClOP/c7-9-8-6-4-2-1-3-5-6/h1-4H. The lowest BCUT2D eigenvalue weighted by Crippen LogP contribution is -1.71. The molecule has 0 aliphatic heterocycles. The number of hydrogen-bond acceptors (Lipinski definition) is 1. The Morgan fingerprint density at radius 2 is 2.44 bits per heavy atom. The average Bonchev–Trinajstić information content (AvgIpc) is 1.91. The Kier molecular flexibility index (Phi) is 2.82. The van der Waals surface area contributed by atoms with Crippen molar-refractivity contribution in [3.05, 3.63) is 30.3 Å². The third kappa shape index (κ3) is 2.21. The van der Waals surface area contributed by atoms with Crippen molar-refractivity contribution >= 4 is 19.4 Å². The van der Waals surface area contributed by atoms with Gasteiger partial charge in [-0.25, -0.2) is 0 Å². The van der Waals surface area contributed by atoms with Gasteiger partial charge in [-0.3, -0.25) is 0 Å². The van der Waals surface area contributed by atoms with Gasteiger partial charge in [-0.05, 0) is 17.3 Å². The molecule has 0 aromatic heterocycles. The summed E-state index contributed by atoms with van der Waals surface area (Å²) < 4.78 is 4.89. The van der Waals surface area contributed by atoms with Crippen molar-refractivity contribution in [2.75, 3.05) is 0 Å². The third-order valence-electron chi connectivity index (χ3n) is 0.813. The molecule has 1 nitrogen and oxygen atoms in total. The third-order valence-corrected chi connectivity index (χ3v) is 1.29. The fourth-order valence-corrected chi connectivity index (χ4v) is 0.882. The van der Waals surface area contributed by atoms with Crippen LogP contribution in [0.3, 0.4) is 0 Å². The fourth-order valence-electron chi connectivity index (χ4n) is 0.471. The molecule has 0 aliphatic carbocycles. The van der Waals surface area contributed by atoms with Gasteiger partial charge in [-0.1, -0.05) is 18.2 Å². The molecular weight excluding hydrogens is 154 g/mol. The minimum Gasteiger partial charge on any atom is -0.449 e. The van der Waals surface area contributed by atoms with Gasteiger partial charge >= 0.3 is 0 Å². The zero-order valence-corrected chi connectivity index (χ0v) is 6.19. The van der Waals surface area contributed by atoms with Gasteiger partial charge in [-0.2, -0.15) is 0 Å². The molecule has 3 heteroatoms. The van der Waals surface area contributed by atoms with Gasteiger partial charge in [0.25, 0.3) is 8.16 Å². The van der Waals surface area contributed by atoms with Gasteiger partial charge < -0.3 is 4.52 Å². The van der Waals surface area contributed by atoms with Gasteiger partial charge in [0.1, 0.15) is 5.75 Å². The van der Waals surface area contributed by atoms with Gasteiger partial charge in [0, 0.05) is 6.07 Å². The van der Waals surface area contributed by atoms with Crippen molar-refractivity contribution in [1.82, 2.24) is 0 Å². The Morgan fingerprint density at radius 3 is 3.00 bits per heavy atom. The number of para-hydroxylation sites is 1. The highest BCUT2D eigenvalue weighted by molar-refractivity contribution is 7.64. The van der Waals surface area contributed by atoms with Crippen molar-refractivity contribution in [2.24, 2.45) is 0 Å². The lowest BCUT2D eigenvalue weighted by atomic mass is 10.3. The van der Waals surface area contributed by atoms with Crippen LogP contribution in [0.15, 0.2) is 24.3 Å². The van der Waals surface area contributed by atoms with Gasteiger partial charge in [0.2, 0.25) is 0 Å². The van der Waals surface area contributed by atoms with Crippen LogP contribution in [0.5, 0.6) is 5.75 Å². The second-order valence-corrected chi connectivity index (χ2v) is 2.12. The number of benzene rings is 1. The molecule has 46 valence electrons. The maximum Gasteiger partial charge on any atom is 0.264 e. The first-order valence-corrected chi connectivity index (χ1v) is 4.10. The van der Waals surface area contributed by atoms with Crippen LogP contribution in [0.2, 0.25) is 0 Å². The van der Waals surface area contributed by atoms with Crippen LogP contribution in [-0.4, -0.2) is 0 Å².